The summed E-state index contributed by atoms with van der Waals surface area (Å²) in [5.74, 6) is -6.20. The lowest BCUT2D eigenvalue weighted by Crippen LogP contribution is -2.67. The summed E-state index contributed by atoms with van der Waals surface area (Å²) in [7, 11) is 0. The lowest BCUT2D eigenvalue weighted by atomic mass is 9.74. The van der Waals surface area contributed by atoms with E-state index in [-0.39, 0.29) is 128 Å². The number of nitrogens with zero attached hydrogens (tertiary/aromatic N) is 6. The molecule has 0 bridgehead atoms. The van der Waals surface area contributed by atoms with Crippen molar-refractivity contribution in [2.75, 3.05) is 145 Å². The monoisotopic (exact) mass is 2040 g/mol. The molecule has 48 heteroatoms. The van der Waals surface area contributed by atoms with Gasteiger partial charge < -0.3 is 178 Å². The van der Waals surface area contributed by atoms with Crippen molar-refractivity contribution in [3.63, 3.8) is 0 Å². The number of nitrogens with one attached hydrogen (secondary N) is 2. The summed E-state index contributed by atoms with van der Waals surface area (Å²) in [6.45, 7) is 10.4. The minimum Gasteiger partial charge on any atom is -0.479 e. The van der Waals surface area contributed by atoms with Crippen LogP contribution < -0.4 is 22.1 Å². The van der Waals surface area contributed by atoms with Crippen LogP contribution in [0, 0.1) is 35.5 Å². The van der Waals surface area contributed by atoms with Gasteiger partial charge in [0.15, 0.2) is 37.4 Å². The highest BCUT2D eigenvalue weighted by molar-refractivity contribution is 5.82. The standard InChI is InChI=1S/C94H160N10O38/c1-5-59-43-61(65(107)19-13-21-95)45-67(85(59)141-93-83(117)81(115)77(111)55(3)133-93)137-91-75(87(79(113)71(51-105)139-91)135-69(89(119)120)41-57-15-9-7-10-16-57)97-73(109)49-103-47-63(99-101-103)53-131-39-37-129-35-33-127-31-29-125-27-25-123-23-24-124-26-28-126-30-32-128-34-36-130-38-40-132-54-64-48-104(102-100-64)50-74(110)98-76-88(136-70(90(121)122)42-58-17-11-8-12-18-58)80(114)72(52-106)140-92(76)138-68-46-62(66(108)20-14-22-96)44-60(6-2)86(68)142-94-84(118)82(116)78(112)56(4)134-94/h47-48,55-62,67-72,75-88,91-94,105-106,111-118H,5-46,49-54,95-96H2,1-4H3,(H,97,109)(H,98,110)(H,119,120)(H,121,122)/t55?,56?,59?,60?,61?,62?,67-,68-,69+,70+,71+,72+,75?,76?,77-,78-,79+,80+,81+,82+,83?,84?,85-,86-,87?,88?,91-,92-,93+,94+/m1/s1. The number of ketones is 2. The van der Waals surface area contributed by atoms with Crippen LogP contribution in [0.2, 0.25) is 0 Å². The normalized spacial score (nSPS) is 32.3. The van der Waals surface area contributed by atoms with Crippen LogP contribution in [0.4, 0.5) is 0 Å². The van der Waals surface area contributed by atoms with Crippen LogP contribution >= 0.6 is 0 Å². The third kappa shape index (κ3) is 37.2. The number of carbonyl (C=O) groups excluding carboxylic acids is 4. The Balaban J connectivity index is 0.561. The Bertz CT molecular complexity index is 3660. The maximum atomic E-state index is 14.3. The fraction of sp³-hybridized carbons (Fsp3) is 0.894. The molecule has 4 saturated heterocycles. The van der Waals surface area contributed by atoms with Gasteiger partial charge >= 0.3 is 11.9 Å². The average Bonchev–Trinajstić information content (AvgIpc) is 0.789. The van der Waals surface area contributed by atoms with Gasteiger partial charge in [-0.3, -0.25) is 19.2 Å². The molecule has 30 atom stereocenters. The van der Waals surface area contributed by atoms with Gasteiger partial charge in [-0.1, -0.05) is 101 Å². The highest BCUT2D eigenvalue weighted by Gasteiger charge is 2.57. The zero-order valence-electron chi connectivity index (χ0n) is 82.4. The number of carboxylic acids is 2. The minimum absolute atomic E-state index is 0.00259. The molecule has 4 aliphatic carbocycles. The first-order valence-electron chi connectivity index (χ1n) is 50.9. The summed E-state index contributed by atoms with van der Waals surface area (Å²) in [4.78, 5) is 82.3. The number of aliphatic hydroxyl groups is 10. The number of ether oxygens (including phenoxy) is 20. The lowest BCUT2D eigenvalue weighted by molar-refractivity contribution is -0.338. The van der Waals surface area contributed by atoms with Crippen LogP contribution in [-0.2, 0) is 150 Å². The highest BCUT2D eigenvalue weighted by atomic mass is 16.8. The third-order valence-electron chi connectivity index (χ3n) is 27.6. The van der Waals surface area contributed by atoms with E-state index in [9.17, 15) is 90.0 Å². The van der Waals surface area contributed by atoms with Crippen molar-refractivity contribution in [3.8, 4) is 0 Å². The van der Waals surface area contributed by atoms with E-state index < -0.39 is 233 Å². The van der Waals surface area contributed by atoms with Crippen molar-refractivity contribution in [2.45, 2.75) is 355 Å². The SMILES string of the molecule is CCC1CC(C(=O)CCCN)C[C@@H](O[C@@H]2O[C@@H](CO)[C@H](O)C(O[C@@H](CC3CCCCC3)C(=O)O)C2NC(=O)Cn2cc(COCCOCCOCCOCCOCCOCCOCCOCCOCCOCc3cn(CC(=O)NC4C(O[C@@H](CC5CCCCC5)C(=O)O)[C@@H](O)[C@H](CO)O[C@H]4O[C@@H]4CC(C(=O)CCCN)CC(CC)[C@H]4O[C@@H]4OC(C)[C@@H](O)[C@H](O)C4O)nn3)nn2)[C@@H]1O[C@@H]1OC(C)[C@@H](O)[C@H](O)C1O. The molecule has 2 aromatic heterocycles. The van der Waals surface area contributed by atoms with E-state index in [1.54, 1.807) is 0 Å². The zero-order valence-corrected chi connectivity index (χ0v) is 82.4. The Morgan fingerprint density at radius 1 is 0.415 bits per heavy atom. The Kier molecular flexibility index (Phi) is 52.6. The van der Waals surface area contributed by atoms with E-state index in [4.69, 9.17) is 106 Å². The molecule has 4 saturated carbocycles. The van der Waals surface area contributed by atoms with E-state index in [1.165, 1.54) is 35.6 Å². The van der Waals surface area contributed by atoms with Crippen molar-refractivity contribution in [3.05, 3.63) is 23.8 Å². The van der Waals surface area contributed by atoms with Crippen molar-refractivity contribution in [1.82, 2.24) is 40.6 Å². The molecule has 48 nitrogen and oxygen atoms in total. The van der Waals surface area contributed by atoms with Gasteiger partial charge in [-0.15, -0.1) is 10.2 Å². The predicted octanol–water partition coefficient (Wildman–Crippen LogP) is -1.84. The molecule has 0 aromatic carbocycles. The minimum atomic E-state index is -1.70. The number of carbonyl (C=O) groups is 6. The molecule has 142 heavy (non-hydrogen) atoms. The van der Waals surface area contributed by atoms with Gasteiger partial charge in [-0.2, -0.15) is 0 Å². The maximum Gasteiger partial charge on any atom is 0.332 e. The number of hydrogen-bond donors (Lipinski definition) is 16. The van der Waals surface area contributed by atoms with E-state index in [1.807, 2.05) is 13.8 Å². The van der Waals surface area contributed by atoms with Crippen molar-refractivity contribution < 1.29 is 185 Å². The Morgan fingerprint density at radius 2 is 0.739 bits per heavy atom. The van der Waals surface area contributed by atoms with Gasteiger partial charge in [-0.25, -0.2) is 19.0 Å². The van der Waals surface area contributed by atoms with E-state index in [2.05, 4.69) is 31.3 Å². The number of hydrogen-bond acceptors (Lipinski definition) is 42. The number of aliphatic hydroxyl groups excluding tert-OH is 10. The molecule has 2 amide bonds. The third-order valence-corrected chi connectivity index (χ3v) is 27.6. The number of Topliss-reactive ketones (excluding diaryl/α,β-unsaturated/α-hetero) is 2. The Morgan fingerprint density at radius 3 is 1.04 bits per heavy atom. The summed E-state index contributed by atoms with van der Waals surface area (Å²) in [5, 5.41) is 154. The summed E-state index contributed by atoms with van der Waals surface area (Å²) in [6.07, 6.45) is -19.2. The molecule has 8 aliphatic rings. The molecular formula is C94H160N10O38. The van der Waals surface area contributed by atoms with Crippen molar-refractivity contribution in [1.29, 1.82) is 0 Å². The Hall–Kier alpha value is -5.78. The first-order valence-corrected chi connectivity index (χ1v) is 50.9. The van der Waals surface area contributed by atoms with Crippen LogP contribution in [0.15, 0.2) is 12.4 Å². The lowest BCUT2D eigenvalue weighted by Gasteiger charge is -2.49. The predicted molar refractivity (Wildman–Crippen MR) is 492 cm³/mol. The van der Waals surface area contributed by atoms with E-state index >= 15 is 0 Å². The molecule has 18 N–H and O–H groups in total. The van der Waals surface area contributed by atoms with Crippen LogP contribution in [0.3, 0.4) is 0 Å². The molecule has 0 spiro atoms. The first-order chi connectivity index (χ1) is 68.6. The van der Waals surface area contributed by atoms with Gasteiger partial charge in [0.1, 0.15) is 121 Å². The fourth-order valence-electron chi connectivity index (χ4n) is 19.7. The second kappa shape index (κ2) is 63.3. The average molecular weight is 2040 g/mol. The second-order valence-corrected chi connectivity index (χ2v) is 38.1. The molecule has 12 unspecified atom stereocenters. The maximum absolute atomic E-state index is 14.3. The Labute approximate surface area is 827 Å². The zero-order chi connectivity index (χ0) is 102. The highest BCUT2D eigenvalue weighted by Crippen LogP contribution is 2.44. The second-order valence-electron chi connectivity index (χ2n) is 38.1. The number of aromatic nitrogens is 6. The largest absolute Gasteiger partial charge is 0.479 e. The summed E-state index contributed by atoms with van der Waals surface area (Å²) in [6, 6.07) is -2.95. The molecule has 0 radical (unpaired) electrons. The van der Waals surface area contributed by atoms with Crippen molar-refractivity contribution in [2.24, 2.45) is 47.0 Å². The number of carboxylic acid groups (broad SMARTS) is 2. The molecule has 8 fully saturated rings. The smallest absolute Gasteiger partial charge is 0.332 e. The van der Waals surface area contributed by atoms with Crippen LogP contribution in [-0.4, -0.2) is 431 Å². The van der Waals surface area contributed by atoms with Crippen LogP contribution in [0.1, 0.15) is 180 Å². The summed E-state index contributed by atoms with van der Waals surface area (Å²) in [5.41, 5.74) is 12.4. The van der Waals surface area contributed by atoms with Gasteiger partial charge in [-0.05, 0) is 102 Å². The first kappa shape index (κ1) is 118. The van der Waals surface area contributed by atoms with Crippen molar-refractivity contribution >= 4 is 35.3 Å². The number of nitrogens with two attached hydrogens (primary N) is 2. The van der Waals surface area contributed by atoms with Gasteiger partial charge in [0.25, 0.3) is 0 Å². The molecular weight excluding hydrogens is 1880 g/mol. The van der Waals surface area contributed by atoms with Gasteiger partial charge in [0.2, 0.25) is 11.8 Å². The molecule has 10 rings (SSSR count). The molecule has 2 aromatic rings. The van der Waals surface area contributed by atoms with E-state index in [0.29, 0.717) is 129 Å². The number of aliphatic carboxylic acids is 2. The molecule has 4 aliphatic heterocycles. The topological polar surface area (TPSA) is 667 Å². The quantitative estimate of drug-likeness (QED) is 0.0324. The van der Waals surface area contributed by atoms with Gasteiger partial charge in [0.05, 0.1) is 194 Å². The number of amides is 2. The molecule has 814 valence electrons. The van der Waals surface area contributed by atoms with Crippen LogP contribution in [0.5, 0.6) is 0 Å². The van der Waals surface area contributed by atoms with Crippen LogP contribution in [0.25, 0.3) is 0 Å². The summed E-state index contributed by atoms with van der Waals surface area (Å²) < 4.78 is 123. The summed E-state index contributed by atoms with van der Waals surface area (Å²) >= 11 is 0. The number of rotatable bonds is 67. The van der Waals surface area contributed by atoms with Gasteiger partial charge in [0, 0.05) is 24.7 Å². The van der Waals surface area contributed by atoms with E-state index in [0.717, 1.165) is 64.2 Å². The molecule has 6 heterocycles. The fourth-order valence-corrected chi connectivity index (χ4v) is 19.7.